The number of benzene rings is 2. The highest BCUT2D eigenvalue weighted by molar-refractivity contribution is 9.10. The molecule has 2 aromatic heterocycles. The summed E-state index contributed by atoms with van der Waals surface area (Å²) in [6.07, 6.45) is 3.79. The fourth-order valence-corrected chi connectivity index (χ4v) is 6.85. The Morgan fingerprint density at radius 2 is 1.86 bits per heavy atom. The molecule has 3 aliphatic heterocycles. The molecule has 1 atom stereocenters. The molecule has 4 aromatic rings. The number of amides is 2. The molecule has 0 saturated carbocycles. The van der Waals surface area contributed by atoms with Gasteiger partial charge in [0.2, 0.25) is 11.9 Å². The first kappa shape index (κ1) is 26.9. The van der Waals surface area contributed by atoms with Crippen LogP contribution in [0.3, 0.4) is 0 Å². The molecule has 0 unspecified atom stereocenters. The standard InChI is InChI=1S/C32H34BrN7O2/c1-4-27(41)38-16-12-24-28-25(40(36-24)21-8-6-20(7-9-21)19(2)3)13-17-39(26(28)18-38)31(42)22-10-11-23(33)30-29(22)34-32(35-30)37-14-5-15-37/h4,6-11,19,26H,1,5,12-18H2,2-3H3,(H,34,35)/t26-/m0/s1. The fraction of sp³-hybridized carbons (Fsp3) is 0.375. The number of carbonyl (C=O) groups excluding carboxylic acids is 2. The Bertz CT molecular complexity index is 1720. The molecule has 10 heteroatoms. The summed E-state index contributed by atoms with van der Waals surface area (Å²) in [6, 6.07) is 12.0. The largest absolute Gasteiger partial charge is 0.342 e. The average molecular weight is 629 g/mol. The number of aromatic nitrogens is 4. The van der Waals surface area contributed by atoms with Gasteiger partial charge in [0.15, 0.2) is 0 Å². The summed E-state index contributed by atoms with van der Waals surface area (Å²) in [5.41, 5.74) is 7.47. The number of nitrogens with zero attached hydrogens (tertiary/aromatic N) is 6. The van der Waals surface area contributed by atoms with E-state index in [1.165, 1.54) is 11.6 Å². The monoisotopic (exact) mass is 627 g/mol. The second kappa shape index (κ2) is 10.4. The molecular formula is C32H34BrN7O2. The minimum Gasteiger partial charge on any atom is -0.342 e. The summed E-state index contributed by atoms with van der Waals surface area (Å²) in [4.78, 5) is 41.5. The third kappa shape index (κ3) is 4.35. The van der Waals surface area contributed by atoms with Crippen LogP contribution in [0.15, 0.2) is 53.5 Å². The smallest absolute Gasteiger partial charge is 0.256 e. The van der Waals surface area contributed by atoms with Gasteiger partial charge in [-0.15, -0.1) is 0 Å². The van der Waals surface area contributed by atoms with E-state index in [9.17, 15) is 9.59 Å². The molecule has 1 N–H and O–H groups in total. The number of hydrogen-bond acceptors (Lipinski definition) is 5. The number of halogens is 1. The van der Waals surface area contributed by atoms with Crippen molar-refractivity contribution in [1.82, 2.24) is 29.5 Å². The summed E-state index contributed by atoms with van der Waals surface area (Å²) >= 11 is 3.64. The Labute approximate surface area is 253 Å². The fourth-order valence-electron chi connectivity index (χ4n) is 6.43. The van der Waals surface area contributed by atoms with Crippen LogP contribution in [-0.4, -0.2) is 74.1 Å². The molecule has 2 aromatic carbocycles. The normalized spacial score (nSPS) is 18.2. The molecule has 42 heavy (non-hydrogen) atoms. The molecule has 5 heterocycles. The van der Waals surface area contributed by atoms with Gasteiger partial charge in [0, 0.05) is 55.6 Å². The van der Waals surface area contributed by atoms with E-state index in [4.69, 9.17) is 10.1 Å². The first-order valence-corrected chi connectivity index (χ1v) is 15.5. The lowest BCUT2D eigenvalue weighted by atomic mass is 9.94. The van der Waals surface area contributed by atoms with Crippen molar-refractivity contribution in [3.8, 4) is 5.69 Å². The second-order valence-electron chi connectivity index (χ2n) is 11.7. The summed E-state index contributed by atoms with van der Waals surface area (Å²) in [5, 5.41) is 5.09. The number of H-pyrrole nitrogens is 1. The quantitative estimate of drug-likeness (QED) is 0.309. The van der Waals surface area contributed by atoms with Gasteiger partial charge in [-0.1, -0.05) is 32.6 Å². The zero-order valence-electron chi connectivity index (χ0n) is 23.9. The van der Waals surface area contributed by atoms with Crippen LogP contribution in [0.1, 0.15) is 65.1 Å². The van der Waals surface area contributed by atoms with Crippen LogP contribution in [-0.2, 0) is 17.6 Å². The highest BCUT2D eigenvalue weighted by Crippen LogP contribution is 2.39. The van der Waals surface area contributed by atoms with Gasteiger partial charge >= 0.3 is 0 Å². The van der Waals surface area contributed by atoms with Crippen molar-refractivity contribution in [1.29, 1.82) is 0 Å². The molecular weight excluding hydrogens is 594 g/mol. The Balaban J connectivity index is 1.30. The van der Waals surface area contributed by atoms with E-state index in [0.29, 0.717) is 49.5 Å². The molecule has 0 aliphatic carbocycles. The Hall–Kier alpha value is -3.92. The molecule has 0 bridgehead atoms. The molecule has 1 fully saturated rings. The van der Waals surface area contributed by atoms with Gasteiger partial charge < -0.3 is 19.7 Å². The van der Waals surface area contributed by atoms with Crippen molar-refractivity contribution in [2.75, 3.05) is 37.6 Å². The zero-order chi connectivity index (χ0) is 29.1. The number of carbonyl (C=O) groups is 2. The van der Waals surface area contributed by atoms with Crippen LogP contribution in [0.25, 0.3) is 16.7 Å². The SMILES string of the molecule is C=CC(=O)N1CCc2nn(-c3ccc(C(C)C)cc3)c3c2[C@H](C1)N(C(=O)c1ccc(Br)c2[nH]c(N4CCC4)nc12)CC3. The molecule has 7 rings (SSSR count). The number of hydrogen-bond donors (Lipinski definition) is 1. The van der Waals surface area contributed by atoms with Gasteiger partial charge in [0.1, 0.15) is 5.52 Å². The van der Waals surface area contributed by atoms with E-state index in [1.54, 1.807) is 4.90 Å². The van der Waals surface area contributed by atoms with E-state index in [0.717, 1.165) is 58.1 Å². The molecule has 2 amide bonds. The highest BCUT2D eigenvalue weighted by Gasteiger charge is 2.40. The molecule has 3 aliphatic rings. The van der Waals surface area contributed by atoms with Gasteiger partial charge in [-0.05, 0) is 64.2 Å². The van der Waals surface area contributed by atoms with E-state index >= 15 is 0 Å². The third-order valence-corrected chi connectivity index (χ3v) is 9.59. The van der Waals surface area contributed by atoms with Crippen molar-refractivity contribution in [2.45, 2.75) is 45.1 Å². The Morgan fingerprint density at radius 3 is 2.55 bits per heavy atom. The van der Waals surface area contributed by atoms with Gasteiger partial charge in [-0.25, -0.2) is 9.67 Å². The first-order valence-electron chi connectivity index (χ1n) is 14.7. The number of rotatable bonds is 5. The topological polar surface area (TPSA) is 90.4 Å². The average Bonchev–Trinajstić information content (AvgIpc) is 3.51. The van der Waals surface area contributed by atoms with Gasteiger partial charge in [0.25, 0.3) is 5.91 Å². The first-order chi connectivity index (χ1) is 20.3. The lowest BCUT2D eigenvalue weighted by Crippen LogP contribution is -2.46. The lowest BCUT2D eigenvalue weighted by Gasteiger charge is -2.38. The van der Waals surface area contributed by atoms with Gasteiger partial charge in [-0.2, -0.15) is 5.10 Å². The van der Waals surface area contributed by atoms with Crippen molar-refractivity contribution in [3.63, 3.8) is 0 Å². The summed E-state index contributed by atoms with van der Waals surface area (Å²) in [7, 11) is 0. The highest BCUT2D eigenvalue weighted by atomic mass is 79.9. The van der Waals surface area contributed by atoms with Crippen LogP contribution in [0.5, 0.6) is 0 Å². The van der Waals surface area contributed by atoms with Crippen molar-refractivity contribution >= 4 is 44.7 Å². The maximum atomic E-state index is 14.4. The number of anilines is 1. The third-order valence-electron chi connectivity index (χ3n) is 8.93. The van der Waals surface area contributed by atoms with Gasteiger partial charge in [0.05, 0.1) is 34.2 Å². The summed E-state index contributed by atoms with van der Waals surface area (Å²) < 4.78 is 2.93. The van der Waals surface area contributed by atoms with E-state index < -0.39 is 0 Å². The van der Waals surface area contributed by atoms with Crippen molar-refractivity contribution < 1.29 is 9.59 Å². The minimum atomic E-state index is -0.321. The minimum absolute atomic E-state index is 0.0855. The van der Waals surface area contributed by atoms with Crippen LogP contribution >= 0.6 is 15.9 Å². The van der Waals surface area contributed by atoms with E-state index in [1.807, 2.05) is 17.0 Å². The van der Waals surface area contributed by atoms with E-state index in [-0.39, 0.29) is 17.9 Å². The van der Waals surface area contributed by atoms with Crippen molar-refractivity contribution in [2.24, 2.45) is 0 Å². The van der Waals surface area contributed by atoms with Crippen LogP contribution in [0.4, 0.5) is 5.95 Å². The van der Waals surface area contributed by atoms with Crippen LogP contribution in [0, 0.1) is 0 Å². The van der Waals surface area contributed by atoms with Crippen molar-refractivity contribution in [3.05, 3.63) is 81.6 Å². The lowest BCUT2D eigenvalue weighted by molar-refractivity contribution is -0.126. The summed E-state index contributed by atoms with van der Waals surface area (Å²) in [6.45, 7) is 11.5. The molecule has 216 valence electrons. The number of nitrogens with one attached hydrogen (secondary N) is 1. The predicted molar refractivity (Wildman–Crippen MR) is 166 cm³/mol. The maximum Gasteiger partial charge on any atom is 0.256 e. The van der Waals surface area contributed by atoms with E-state index in [2.05, 4.69) is 75.2 Å². The molecule has 0 spiro atoms. The maximum absolute atomic E-state index is 14.4. The Kier molecular flexibility index (Phi) is 6.68. The molecule has 0 radical (unpaired) electrons. The van der Waals surface area contributed by atoms with Crippen LogP contribution < -0.4 is 4.90 Å². The number of fused-ring (bicyclic) bond motifs is 1. The predicted octanol–water partition coefficient (Wildman–Crippen LogP) is 5.15. The molecule has 9 nitrogen and oxygen atoms in total. The van der Waals surface area contributed by atoms with Gasteiger partial charge in [-0.3, -0.25) is 9.59 Å². The second-order valence-corrected chi connectivity index (χ2v) is 12.5. The number of imidazole rings is 1. The molecule has 1 saturated heterocycles. The number of aromatic amines is 1. The zero-order valence-corrected chi connectivity index (χ0v) is 25.5. The van der Waals surface area contributed by atoms with Crippen LogP contribution in [0.2, 0.25) is 0 Å². The summed E-state index contributed by atoms with van der Waals surface area (Å²) in [5.74, 6) is 1.03. The Morgan fingerprint density at radius 1 is 1.07 bits per heavy atom.